The third kappa shape index (κ3) is 6.06. The molecular formula is C15H12Cl2F5N3O3. The quantitative estimate of drug-likeness (QED) is 0.542. The molecule has 1 aromatic heterocycles. The number of carbonyl (C=O) groups excluding carboxylic acids is 1. The maximum absolute atomic E-state index is 13.1. The lowest BCUT2D eigenvalue weighted by molar-refractivity contribution is -0.192. The Balaban J connectivity index is 0.000000480. The molecule has 1 atom stereocenters. The Hall–Kier alpha value is -2.40. The molecule has 0 fully saturated rings. The van der Waals surface area contributed by atoms with Crippen LogP contribution in [0.4, 0.5) is 27.8 Å². The van der Waals surface area contributed by atoms with Gasteiger partial charge in [-0.25, -0.2) is 13.6 Å². The van der Waals surface area contributed by atoms with Crippen molar-refractivity contribution < 1.29 is 36.6 Å². The molecule has 0 saturated carbocycles. The number of nitrogens with zero attached hydrogens (tertiary/aromatic N) is 2. The van der Waals surface area contributed by atoms with Gasteiger partial charge in [0.25, 0.3) is 11.5 Å². The summed E-state index contributed by atoms with van der Waals surface area (Å²) < 4.78 is 59.1. The largest absolute Gasteiger partial charge is 0.490 e. The predicted molar refractivity (Wildman–Crippen MR) is 91.4 cm³/mol. The zero-order chi connectivity index (χ0) is 21.8. The number of carboxylic acid groups (broad SMARTS) is 1. The summed E-state index contributed by atoms with van der Waals surface area (Å²) >= 11 is 11.1. The van der Waals surface area contributed by atoms with Gasteiger partial charge in [-0.3, -0.25) is 9.48 Å². The van der Waals surface area contributed by atoms with E-state index in [1.165, 1.54) is 16.8 Å². The molecule has 1 heterocycles. The van der Waals surface area contributed by atoms with Crippen LogP contribution in [0.2, 0.25) is 5.02 Å². The number of anilines is 1. The minimum absolute atomic E-state index is 0.157. The highest BCUT2D eigenvalue weighted by atomic mass is 35.5. The van der Waals surface area contributed by atoms with Crippen LogP contribution in [-0.4, -0.2) is 38.6 Å². The molecule has 2 rings (SSSR count). The summed E-state index contributed by atoms with van der Waals surface area (Å²) in [6.07, 6.45) is -5.08. The van der Waals surface area contributed by atoms with Crippen molar-refractivity contribution in [3.63, 3.8) is 0 Å². The van der Waals surface area contributed by atoms with E-state index in [4.69, 9.17) is 33.1 Å². The molecule has 2 aromatic rings. The first-order chi connectivity index (χ1) is 12.8. The van der Waals surface area contributed by atoms with E-state index in [-0.39, 0.29) is 10.8 Å². The Labute approximate surface area is 164 Å². The number of carbonyl (C=O) groups is 2. The van der Waals surface area contributed by atoms with Gasteiger partial charge in [-0.05, 0) is 25.1 Å². The SMILES string of the molecule is Cc1nn(C)c(NC(=O)C(F)Cl)c1-c1ccc(F)cc1Cl.O=C(O)C(F)(F)F. The van der Waals surface area contributed by atoms with Gasteiger partial charge in [-0.15, -0.1) is 0 Å². The molecule has 28 heavy (non-hydrogen) atoms. The number of benzene rings is 1. The van der Waals surface area contributed by atoms with Gasteiger partial charge in [-0.1, -0.05) is 23.2 Å². The second-order valence-electron chi connectivity index (χ2n) is 5.15. The van der Waals surface area contributed by atoms with E-state index >= 15 is 0 Å². The second-order valence-corrected chi connectivity index (χ2v) is 5.94. The molecule has 0 bridgehead atoms. The van der Waals surface area contributed by atoms with Crippen molar-refractivity contribution in [3.8, 4) is 11.1 Å². The summed E-state index contributed by atoms with van der Waals surface area (Å²) in [4.78, 5) is 20.3. The summed E-state index contributed by atoms with van der Waals surface area (Å²) in [5.74, 6) is -4.03. The molecule has 0 radical (unpaired) electrons. The average Bonchev–Trinajstić information content (AvgIpc) is 2.81. The topological polar surface area (TPSA) is 84.2 Å². The number of aryl methyl sites for hydroxylation is 2. The molecule has 0 aliphatic heterocycles. The van der Waals surface area contributed by atoms with E-state index in [1.54, 1.807) is 14.0 Å². The van der Waals surface area contributed by atoms with E-state index in [2.05, 4.69) is 10.4 Å². The van der Waals surface area contributed by atoms with E-state index in [0.717, 1.165) is 6.07 Å². The summed E-state index contributed by atoms with van der Waals surface area (Å²) in [5.41, 5.74) is -0.680. The normalized spacial score (nSPS) is 12.0. The van der Waals surface area contributed by atoms with Gasteiger partial charge < -0.3 is 10.4 Å². The van der Waals surface area contributed by atoms with E-state index in [9.17, 15) is 26.7 Å². The number of halogens is 7. The maximum atomic E-state index is 13.1. The Morgan fingerprint density at radius 1 is 1.32 bits per heavy atom. The van der Waals surface area contributed by atoms with Crippen LogP contribution in [-0.2, 0) is 16.6 Å². The Bertz CT molecular complexity index is 885. The van der Waals surface area contributed by atoms with Crippen molar-refractivity contribution in [2.75, 3.05) is 5.32 Å². The molecular weight excluding hydrogens is 436 g/mol. The zero-order valence-electron chi connectivity index (χ0n) is 14.1. The van der Waals surface area contributed by atoms with Crippen molar-refractivity contribution in [2.45, 2.75) is 18.7 Å². The van der Waals surface area contributed by atoms with Crippen molar-refractivity contribution >= 4 is 40.9 Å². The van der Waals surface area contributed by atoms with Crippen LogP contribution in [0.15, 0.2) is 18.2 Å². The van der Waals surface area contributed by atoms with Crippen LogP contribution in [0.3, 0.4) is 0 Å². The highest BCUT2D eigenvalue weighted by molar-refractivity contribution is 6.34. The fourth-order valence-electron chi connectivity index (χ4n) is 1.99. The number of rotatable bonds is 3. The first-order valence-electron chi connectivity index (χ1n) is 7.13. The number of nitrogens with one attached hydrogen (secondary N) is 1. The number of alkyl halides is 5. The molecule has 0 aliphatic rings. The van der Waals surface area contributed by atoms with Crippen molar-refractivity contribution in [1.82, 2.24) is 9.78 Å². The van der Waals surface area contributed by atoms with Gasteiger partial charge in [0.05, 0.1) is 10.7 Å². The molecule has 6 nitrogen and oxygen atoms in total. The second kappa shape index (κ2) is 9.20. The van der Waals surface area contributed by atoms with Gasteiger partial charge in [0, 0.05) is 18.2 Å². The summed E-state index contributed by atoms with van der Waals surface area (Å²) in [6, 6.07) is 3.85. The van der Waals surface area contributed by atoms with Gasteiger partial charge >= 0.3 is 12.1 Å². The summed E-state index contributed by atoms with van der Waals surface area (Å²) in [7, 11) is 1.57. The number of amides is 1. The van der Waals surface area contributed by atoms with Crippen molar-refractivity contribution in [1.29, 1.82) is 0 Å². The highest BCUT2D eigenvalue weighted by Gasteiger charge is 2.38. The van der Waals surface area contributed by atoms with Gasteiger partial charge in [0.1, 0.15) is 11.6 Å². The standard InChI is InChI=1S/C13H11Cl2F2N3O.C2HF3O2/c1-6-10(8-4-3-7(16)5-9(8)14)12(20(2)19-6)18-13(21)11(15)17;3-2(4,5)1(6)7/h3-5,11H,1-2H3,(H,18,21);(H,6,7). The van der Waals surface area contributed by atoms with Crippen LogP contribution >= 0.6 is 23.2 Å². The maximum Gasteiger partial charge on any atom is 0.490 e. The Morgan fingerprint density at radius 2 is 1.86 bits per heavy atom. The molecule has 0 aliphatic carbocycles. The monoisotopic (exact) mass is 447 g/mol. The first-order valence-corrected chi connectivity index (χ1v) is 7.95. The minimum atomic E-state index is -5.08. The Morgan fingerprint density at radius 3 is 2.29 bits per heavy atom. The summed E-state index contributed by atoms with van der Waals surface area (Å²) in [6.45, 7) is 1.69. The number of hydrogen-bond acceptors (Lipinski definition) is 3. The predicted octanol–water partition coefficient (Wildman–Crippen LogP) is 4.29. The molecule has 2 N–H and O–H groups in total. The lowest BCUT2D eigenvalue weighted by Gasteiger charge is -2.10. The first kappa shape index (κ1) is 23.6. The molecule has 1 aromatic carbocycles. The zero-order valence-corrected chi connectivity index (χ0v) is 15.6. The average molecular weight is 448 g/mol. The molecule has 1 amide bonds. The highest BCUT2D eigenvalue weighted by Crippen LogP contribution is 2.36. The van der Waals surface area contributed by atoms with Gasteiger partial charge in [0.2, 0.25) is 0 Å². The molecule has 1 unspecified atom stereocenters. The van der Waals surface area contributed by atoms with E-state index in [0.29, 0.717) is 16.8 Å². The fourth-order valence-corrected chi connectivity index (χ4v) is 2.30. The van der Waals surface area contributed by atoms with Crippen LogP contribution in [0.5, 0.6) is 0 Å². The van der Waals surface area contributed by atoms with Crippen LogP contribution < -0.4 is 5.32 Å². The van der Waals surface area contributed by atoms with E-state index < -0.39 is 29.5 Å². The van der Waals surface area contributed by atoms with Crippen LogP contribution in [0.1, 0.15) is 5.69 Å². The van der Waals surface area contributed by atoms with Gasteiger partial charge in [-0.2, -0.15) is 18.3 Å². The third-order valence-corrected chi connectivity index (χ3v) is 3.62. The number of aromatic nitrogens is 2. The molecule has 154 valence electrons. The Kier molecular flexibility index (Phi) is 7.76. The lowest BCUT2D eigenvalue weighted by atomic mass is 10.1. The number of aliphatic carboxylic acids is 1. The van der Waals surface area contributed by atoms with Crippen LogP contribution in [0.25, 0.3) is 11.1 Å². The van der Waals surface area contributed by atoms with Crippen LogP contribution in [0, 0.1) is 12.7 Å². The molecule has 13 heteroatoms. The number of hydrogen-bond donors (Lipinski definition) is 2. The van der Waals surface area contributed by atoms with Gasteiger partial charge in [0.15, 0.2) is 0 Å². The fraction of sp³-hybridized carbons (Fsp3) is 0.267. The number of carboxylic acids is 1. The summed E-state index contributed by atoms with van der Waals surface area (Å²) in [5, 5.41) is 13.8. The van der Waals surface area contributed by atoms with E-state index in [1.807, 2.05) is 0 Å². The van der Waals surface area contributed by atoms with Crippen molar-refractivity contribution in [3.05, 3.63) is 34.7 Å². The third-order valence-electron chi connectivity index (χ3n) is 3.10. The minimum Gasteiger partial charge on any atom is -0.475 e. The smallest absolute Gasteiger partial charge is 0.475 e. The molecule has 0 saturated heterocycles. The van der Waals surface area contributed by atoms with Crippen molar-refractivity contribution in [2.24, 2.45) is 7.05 Å². The molecule has 0 spiro atoms. The lowest BCUT2D eigenvalue weighted by Crippen LogP contribution is -2.21.